The lowest BCUT2D eigenvalue weighted by atomic mass is 10.1. The van der Waals surface area contributed by atoms with Crippen LogP contribution in [0.4, 0.5) is 31.1 Å². The van der Waals surface area contributed by atoms with Gasteiger partial charge in [-0.05, 0) is 19.4 Å². The molecule has 0 spiro atoms. The first-order valence-corrected chi connectivity index (χ1v) is 6.53. The Balaban J connectivity index is 2.48. The second-order valence-corrected chi connectivity index (χ2v) is 5.01. The van der Waals surface area contributed by atoms with E-state index in [4.69, 9.17) is 0 Å². The number of imide groups is 1. The summed E-state index contributed by atoms with van der Waals surface area (Å²) in [6, 6.07) is -2.74. The van der Waals surface area contributed by atoms with Crippen LogP contribution < -0.4 is 10.6 Å². The molecule has 6 nitrogen and oxygen atoms in total. The maximum Gasteiger partial charge on any atom is 0.415 e. The number of amides is 3. The van der Waals surface area contributed by atoms with Gasteiger partial charge in [0, 0.05) is 6.04 Å². The zero-order valence-corrected chi connectivity index (χ0v) is 11.7. The standard InChI is InChI=1S/C11H15F6N3O3/c12-10(13,14)5-18-9(23)19-7(21)4-20-3-1-2-6(20)8(22)11(15,16)17/h6,8,22H,1-5H2,(H2,18,19,21,23). The van der Waals surface area contributed by atoms with Crippen LogP contribution in [0.3, 0.4) is 0 Å². The quantitative estimate of drug-likeness (QED) is 0.654. The molecule has 2 atom stereocenters. The first-order valence-electron chi connectivity index (χ1n) is 6.53. The van der Waals surface area contributed by atoms with Crippen LogP contribution in [0.5, 0.6) is 0 Å². The molecule has 1 fully saturated rings. The fourth-order valence-electron chi connectivity index (χ4n) is 2.20. The van der Waals surface area contributed by atoms with Crippen molar-refractivity contribution in [2.45, 2.75) is 37.3 Å². The molecule has 0 aromatic rings. The third kappa shape index (κ3) is 6.60. The van der Waals surface area contributed by atoms with Crippen LogP contribution in [-0.4, -0.2) is 66.1 Å². The van der Waals surface area contributed by atoms with Gasteiger partial charge in [-0.15, -0.1) is 0 Å². The van der Waals surface area contributed by atoms with Crippen molar-refractivity contribution < 1.29 is 41.0 Å². The van der Waals surface area contributed by atoms with Crippen molar-refractivity contribution in [2.75, 3.05) is 19.6 Å². The Hall–Kier alpha value is -1.56. The van der Waals surface area contributed by atoms with Crippen LogP contribution in [0, 0.1) is 0 Å². The summed E-state index contributed by atoms with van der Waals surface area (Å²) >= 11 is 0. The topological polar surface area (TPSA) is 81.7 Å². The number of carbonyl (C=O) groups excluding carboxylic acids is 2. The van der Waals surface area contributed by atoms with E-state index < -0.39 is 49.5 Å². The molecule has 1 aliphatic rings. The van der Waals surface area contributed by atoms with Gasteiger partial charge < -0.3 is 10.4 Å². The normalized spacial score (nSPS) is 21.1. The van der Waals surface area contributed by atoms with Crippen LogP contribution in [-0.2, 0) is 4.79 Å². The molecule has 1 aliphatic heterocycles. The SMILES string of the molecule is O=C(CN1CCCC1C(O)C(F)(F)F)NC(=O)NCC(F)(F)F. The monoisotopic (exact) mass is 351 g/mol. The summed E-state index contributed by atoms with van der Waals surface area (Å²) in [5.41, 5.74) is 0. The number of rotatable bonds is 4. The Labute approximate surface area is 126 Å². The number of aliphatic hydroxyl groups is 1. The van der Waals surface area contributed by atoms with E-state index in [0.717, 1.165) is 4.90 Å². The third-order valence-electron chi connectivity index (χ3n) is 3.16. The molecule has 23 heavy (non-hydrogen) atoms. The number of urea groups is 1. The highest BCUT2D eigenvalue weighted by atomic mass is 19.4. The summed E-state index contributed by atoms with van der Waals surface area (Å²) in [7, 11) is 0. The first-order chi connectivity index (χ1) is 10.4. The number of hydrogen-bond acceptors (Lipinski definition) is 4. The van der Waals surface area contributed by atoms with Crippen LogP contribution in [0.1, 0.15) is 12.8 Å². The van der Waals surface area contributed by atoms with E-state index in [2.05, 4.69) is 0 Å². The summed E-state index contributed by atoms with van der Waals surface area (Å²) in [5, 5.41) is 12.2. The molecule has 134 valence electrons. The molecule has 1 heterocycles. The van der Waals surface area contributed by atoms with Crippen LogP contribution in [0.2, 0.25) is 0 Å². The molecule has 0 aromatic carbocycles. The number of likely N-dealkylation sites (tertiary alicyclic amines) is 1. The van der Waals surface area contributed by atoms with E-state index in [9.17, 15) is 41.0 Å². The van der Waals surface area contributed by atoms with Crippen molar-refractivity contribution in [3.63, 3.8) is 0 Å². The molecule has 12 heteroatoms. The number of nitrogens with zero attached hydrogens (tertiary/aromatic N) is 1. The predicted octanol–water partition coefficient (Wildman–Crippen LogP) is 0.762. The number of alkyl halides is 6. The largest absolute Gasteiger partial charge is 0.415 e. The number of halogens is 6. The van der Waals surface area contributed by atoms with Gasteiger partial charge in [-0.2, -0.15) is 26.3 Å². The van der Waals surface area contributed by atoms with Gasteiger partial charge in [0.1, 0.15) is 6.54 Å². The highest BCUT2D eigenvalue weighted by Gasteiger charge is 2.47. The molecule has 3 N–H and O–H groups in total. The Morgan fingerprint density at radius 1 is 1.22 bits per heavy atom. The predicted molar refractivity (Wildman–Crippen MR) is 64.3 cm³/mol. The number of carbonyl (C=O) groups is 2. The molecule has 0 bridgehead atoms. The smallest absolute Gasteiger partial charge is 0.382 e. The molecular weight excluding hydrogens is 336 g/mol. The third-order valence-corrected chi connectivity index (χ3v) is 3.16. The van der Waals surface area contributed by atoms with Gasteiger partial charge in [-0.3, -0.25) is 15.0 Å². The summed E-state index contributed by atoms with van der Waals surface area (Å²) in [6.45, 7) is -2.20. The Morgan fingerprint density at radius 2 is 1.83 bits per heavy atom. The van der Waals surface area contributed by atoms with E-state index >= 15 is 0 Å². The van der Waals surface area contributed by atoms with Crippen molar-refractivity contribution in [1.29, 1.82) is 0 Å². The fraction of sp³-hybridized carbons (Fsp3) is 0.818. The van der Waals surface area contributed by atoms with Crippen molar-refractivity contribution in [3.05, 3.63) is 0 Å². The van der Waals surface area contributed by atoms with Crippen LogP contribution in [0.15, 0.2) is 0 Å². The van der Waals surface area contributed by atoms with Crippen molar-refractivity contribution >= 4 is 11.9 Å². The zero-order valence-electron chi connectivity index (χ0n) is 11.7. The molecule has 1 rings (SSSR count). The molecule has 0 aromatic heterocycles. The minimum absolute atomic E-state index is 0.00816. The van der Waals surface area contributed by atoms with E-state index in [1.54, 1.807) is 5.32 Å². The van der Waals surface area contributed by atoms with Gasteiger partial charge in [0.2, 0.25) is 5.91 Å². The Morgan fingerprint density at radius 3 is 2.35 bits per heavy atom. The number of aliphatic hydroxyl groups excluding tert-OH is 1. The minimum Gasteiger partial charge on any atom is -0.382 e. The lowest BCUT2D eigenvalue weighted by Crippen LogP contribution is -2.51. The molecular formula is C11H15F6N3O3. The molecule has 0 saturated carbocycles. The van der Waals surface area contributed by atoms with Gasteiger partial charge in [0.05, 0.1) is 6.54 Å². The average molecular weight is 351 g/mol. The van der Waals surface area contributed by atoms with Gasteiger partial charge >= 0.3 is 18.4 Å². The average Bonchev–Trinajstić information content (AvgIpc) is 2.81. The molecule has 3 amide bonds. The summed E-state index contributed by atoms with van der Waals surface area (Å²) < 4.78 is 73.0. The van der Waals surface area contributed by atoms with E-state index in [-0.39, 0.29) is 13.0 Å². The Kier molecular flexibility index (Phi) is 6.22. The number of hydrogen-bond donors (Lipinski definition) is 3. The lowest BCUT2D eigenvalue weighted by Gasteiger charge is -2.29. The highest BCUT2D eigenvalue weighted by molar-refractivity contribution is 5.95. The van der Waals surface area contributed by atoms with Gasteiger partial charge in [-0.1, -0.05) is 0 Å². The van der Waals surface area contributed by atoms with E-state index in [1.807, 2.05) is 0 Å². The van der Waals surface area contributed by atoms with Crippen LogP contribution >= 0.6 is 0 Å². The molecule has 1 saturated heterocycles. The maximum absolute atomic E-state index is 12.5. The zero-order chi connectivity index (χ0) is 17.8. The number of nitrogens with one attached hydrogen (secondary N) is 2. The van der Waals surface area contributed by atoms with Gasteiger partial charge in [-0.25, -0.2) is 4.79 Å². The van der Waals surface area contributed by atoms with Crippen molar-refractivity contribution in [3.8, 4) is 0 Å². The van der Waals surface area contributed by atoms with Gasteiger partial charge in [0.15, 0.2) is 6.10 Å². The fourth-order valence-corrected chi connectivity index (χ4v) is 2.20. The maximum atomic E-state index is 12.5. The van der Waals surface area contributed by atoms with Crippen LogP contribution in [0.25, 0.3) is 0 Å². The molecule has 0 aliphatic carbocycles. The molecule has 0 radical (unpaired) electrons. The second kappa shape index (κ2) is 7.34. The first kappa shape index (κ1) is 19.5. The highest BCUT2D eigenvalue weighted by Crippen LogP contribution is 2.30. The van der Waals surface area contributed by atoms with Crippen molar-refractivity contribution in [1.82, 2.24) is 15.5 Å². The summed E-state index contributed by atoms with van der Waals surface area (Å²) in [5.74, 6) is -1.06. The van der Waals surface area contributed by atoms with Crippen molar-refractivity contribution in [2.24, 2.45) is 0 Å². The van der Waals surface area contributed by atoms with E-state index in [0.29, 0.717) is 6.42 Å². The molecule has 2 unspecified atom stereocenters. The second-order valence-electron chi connectivity index (χ2n) is 5.01. The minimum atomic E-state index is -4.85. The van der Waals surface area contributed by atoms with Gasteiger partial charge in [0.25, 0.3) is 0 Å². The lowest BCUT2D eigenvalue weighted by molar-refractivity contribution is -0.219. The summed E-state index contributed by atoms with van der Waals surface area (Å²) in [6.07, 6.45) is -11.8. The Bertz CT molecular complexity index is 440. The summed E-state index contributed by atoms with van der Waals surface area (Å²) in [4.78, 5) is 23.6. The van der Waals surface area contributed by atoms with E-state index in [1.165, 1.54) is 5.32 Å².